The van der Waals surface area contributed by atoms with Crippen molar-refractivity contribution in [1.82, 2.24) is 15.3 Å². The highest BCUT2D eigenvalue weighted by atomic mass is 35.5. The van der Waals surface area contributed by atoms with Crippen LogP contribution in [-0.2, 0) is 16.6 Å². The first-order chi connectivity index (χ1) is 18.5. The number of rotatable bonds is 5. The van der Waals surface area contributed by atoms with Gasteiger partial charge in [-0.1, -0.05) is 29.8 Å². The quantitative estimate of drug-likeness (QED) is 0.433. The van der Waals surface area contributed by atoms with Gasteiger partial charge in [-0.05, 0) is 55.9 Å². The summed E-state index contributed by atoms with van der Waals surface area (Å²) in [5.74, 6) is -2.08. The largest absolute Gasteiger partial charge is 0.434 e. The van der Waals surface area contributed by atoms with Crippen molar-refractivity contribution < 1.29 is 32.3 Å². The van der Waals surface area contributed by atoms with Crippen molar-refractivity contribution in [2.75, 3.05) is 11.4 Å². The molecule has 39 heavy (non-hydrogen) atoms. The van der Waals surface area contributed by atoms with E-state index in [4.69, 9.17) is 11.6 Å². The Hall–Kier alpha value is -3.57. The number of hydrogen-bond donors (Lipinski definition) is 2. The summed E-state index contributed by atoms with van der Waals surface area (Å²) in [6, 6.07) is 9.78. The smallest absolute Gasteiger partial charge is 0.370 e. The Bertz CT molecular complexity index is 1410. The van der Waals surface area contributed by atoms with Gasteiger partial charge in [0.25, 0.3) is 11.8 Å². The number of aromatic nitrogens is 2. The summed E-state index contributed by atoms with van der Waals surface area (Å²) in [4.78, 5) is 35.0. The molecule has 7 nitrogen and oxygen atoms in total. The first-order valence-corrected chi connectivity index (χ1v) is 12.7. The summed E-state index contributed by atoms with van der Waals surface area (Å²) < 4.78 is 53.4. The summed E-state index contributed by atoms with van der Waals surface area (Å²) in [5, 5.41) is 14.1. The molecule has 1 fully saturated rings. The molecule has 1 atom stereocenters. The van der Waals surface area contributed by atoms with E-state index < -0.39 is 40.7 Å². The molecule has 3 aromatic rings. The monoisotopic (exact) mass is 562 g/mol. The number of aliphatic hydroxyl groups is 1. The van der Waals surface area contributed by atoms with Crippen molar-refractivity contribution in [2.45, 2.75) is 43.5 Å². The molecule has 5 rings (SSSR count). The van der Waals surface area contributed by atoms with Gasteiger partial charge in [0.2, 0.25) is 5.60 Å². The number of pyridine rings is 2. The maximum atomic E-state index is 13.5. The Morgan fingerprint density at radius 3 is 2.49 bits per heavy atom. The number of hydrogen-bond acceptors (Lipinski definition) is 5. The number of carbonyl (C=O) groups excluding carboxylic acids is 2. The van der Waals surface area contributed by atoms with Crippen molar-refractivity contribution in [3.63, 3.8) is 0 Å². The number of benzene rings is 1. The Balaban J connectivity index is 1.27. The lowest BCUT2D eigenvalue weighted by atomic mass is 9.85. The molecule has 12 heteroatoms. The molecular weight excluding hydrogens is 540 g/mol. The molecule has 3 heterocycles. The molecule has 1 unspecified atom stereocenters. The number of anilines is 1. The van der Waals surface area contributed by atoms with E-state index in [1.54, 1.807) is 24.3 Å². The molecular formula is C27H23ClF4N4O3. The zero-order valence-electron chi connectivity index (χ0n) is 20.4. The van der Waals surface area contributed by atoms with Gasteiger partial charge in [0.15, 0.2) is 5.69 Å². The van der Waals surface area contributed by atoms with E-state index in [1.807, 2.05) is 0 Å². The summed E-state index contributed by atoms with van der Waals surface area (Å²) in [5.41, 5.74) is -3.09. The van der Waals surface area contributed by atoms with E-state index in [9.17, 15) is 32.3 Å². The fourth-order valence-electron chi connectivity index (χ4n) is 5.30. The Kier molecular flexibility index (Phi) is 7.06. The second-order valence-corrected chi connectivity index (χ2v) is 10.2. The van der Waals surface area contributed by atoms with E-state index in [0.717, 1.165) is 24.5 Å². The standard InChI is InChI=1S/C27H23ClF4N4O3/c28-16-11-19(23(34-12-16)27(30,31)32)24(37)35-18-8-5-15(6-9-18)14-36-21-4-2-1-3-20(21)26(39,25(36)38)22-10-7-17(29)13-33-22/h1-4,7,10-13,15,18,39H,5-6,8-9,14H2,(H,35,37). The summed E-state index contributed by atoms with van der Waals surface area (Å²) in [6.45, 7) is 0.288. The molecule has 204 valence electrons. The molecule has 1 aliphatic heterocycles. The Morgan fingerprint density at radius 2 is 1.82 bits per heavy atom. The van der Waals surface area contributed by atoms with Crippen LogP contribution < -0.4 is 10.2 Å². The van der Waals surface area contributed by atoms with Crippen LogP contribution in [-0.4, -0.2) is 39.5 Å². The van der Waals surface area contributed by atoms with E-state index in [1.165, 1.54) is 11.0 Å². The maximum absolute atomic E-state index is 13.5. The summed E-state index contributed by atoms with van der Waals surface area (Å²) in [6.07, 6.45) is -0.874. The normalized spacial score (nSPS) is 23.0. The third-order valence-corrected chi connectivity index (χ3v) is 7.43. The van der Waals surface area contributed by atoms with Gasteiger partial charge in [-0.3, -0.25) is 14.6 Å². The fourth-order valence-corrected chi connectivity index (χ4v) is 5.46. The Morgan fingerprint density at radius 1 is 1.10 bits per heavy atom. The molecule has 0 bridgehead atoms. The lowest BCUT2D eigenvalue weighted by Crippen LogP contribution is -2.45. The fraction of sp³-hybridized carbons (Fsp3) is 0.333. The third-order valence-electron chi connectivity index (χ3n) is 7.23. The number of amides is 2. The molecule has 0 radical (unpaired) electrons. The van der Waals surface area contributed by atoms with Crippen molar-refractivity contribution >= 4 is 29.1 Å². The van der Waals surface area contributed by atoms with Crippen molar-refractivity contribution in [3.05, 3.63) is 88.2 Å². The number of para-hydroxylation sites is 1. The van der Waals surface area contributed by atoms with Crippen LogP contribution in [0.2, 0.25) is 5.02 Å². The highest BCUT2D eigenvalue weighted by molar-refractivity contribution is 6.30. The lowest BCUT2D eigenvalue weighted by molar-refractivity contribution is -0.141. The van der Waals surface area contributed by atoms with Gasteiger partial charge in [-0.2, -0.15) is 13.2 Å². The summed E-state index contributed by atoms with van der Waals surface area (Å²) in [7, 11) is 0. The minimum atomic E-state index is -4.81. The number of alkyl halides is 3. The van der Waals surface area contributed by atoms with E-state index >= 15 is 0 Å². The molecule has 2 aromatic heterocycles. The molecule has 2 amide bonds. The maximum Gasteiger partial charge on any atom is 0.434 e. The first-order valence-electron chi connectivity index (χ1n) is 12.3. The van der Waals surface area contributed by atoms with E-state index in [2.05, 4.69) is 15.3 Å². The van der Waals surface area contributed by atoms with Crippen LogP contribution in [0.25, 0.3) is 0 Å². The zero-order chi connectivity index (χ0) is 27.9. The van der Waals surface area contributed by atoms with E-state index in [0.29, 0.717) is 36.9 Å². The van der Waals surface area contributed by atoms with Crippen LogP contribution in [0.1, 0.15) is 53.0 Å². The number of nitrogens with one attached hydrogen (secondary N) is 1. The van der Waals surface area contributed by atoms with E-state index in [-0.39, 0.29) is 29.2 Å². The first kappa shape index (κ1) is 27.0. The Labute approximate surface area is 225 Å². The number of nitrogens with zero attached hydrogens (tertiary/aromatic N) is 3. The van der Waals surface area contributed by atoms with Crippen LogP contribution in [0.3, 0.4) is 0 Å². The van der Waals surface area contributed by atoms with Gasteiger partial charge >= 0.3 is 6.18 Å². The number of carbonyl (C=O) groups is 2. The van der Waals surface area contributed by atoms with Gasteiger partial charge in [-0.25, -0.2) is 9.37 Å². The SMILES string of the molecule is O=C(NC1CCC(CN2C(=O)C(O)(c3ccc(F)cn3)c3ccccc32)CC1)c1cc(Cl)cnc1C(F)(F)F. The lowest BCUT2D eigenvalue weighted by Gasteiger charge is -2.32. The van der Waals surface area contributed by atoms with Crippen molar-refractivity contribution in [2.24, 2.45) is 5.92 Å². The van der Waals surface area contributed by atoms with Gasteiger partial charge in [0.05, 0.1) is 28.2 Å². The van der Waals surface area contributed by atoms with Crippen LogP contribution in [0.5, 0.6) is 0 Å². The van der Waals surface area contributed by atoms with Crippen LogP contribution >= 0.6 is 11.6 Å². The van der Waals surface area contributed by atoms with Gasteiger partial charge in [0.1, 0.15) is 5.82 Å². The molecule has 1 aromatic carbocycles. The molecule has 0 saturated heterocycles. The molecule has 1 aliphatic carbocycles. The highest BCUT2D eigenvalue weighted by Gasteiger charge is 2.52. The minimum absolute atomic E-state index is 0.0113. The van der Waals surface area contributed by atoms with Gasteiger partial charge in [0, 0.05) is 24.3 Å². The average Bonchev–Trinajstić information content (AvgIpc) is 3.12. The predicted octanol–water partition coefficient (Wildman–Crippen LogP) is 4.86. The van der Waals surface area contributed by atoms with Crippen LogP contribution in [0.15, 0.2) is 54.9 Å². The summed E-state index contributed by atoms with van der Waals surface area (Å²) >= 11 is 5.79. The predicted molar refractivity (Wildman–Crippen MR) is 133 cm³/mol. The number of halogens is 5. The van der Waals surface area contributed by atoms with Gasteiger partial charge < -0.3 is 15.3 Å². The van der Waals surface area contributed by atoms with Crippen molar-refractivity contribution in [3.8, 4) is 0 Å². The number of fused-ring (bicyclic) bond motifs is 1. The second kappa shape index (κ2) is 10.2. The molecule has 2 N–H and O–H groups in total. The molecule has 2 aliphatic rings. The van der Waals surface area contributed by atoms with Crippen molar-refractivity contribution in [1.29, 1.82) is 0 Å². The second-order valence-electron chi connectivity index (χ2n) is 9.74. The van der Waals surface area contributed by atoms with Crippen LogP contribution in [0.4, 0.5) is 23.2 Å². The molecule has 1 saturated carbocycles. The van der Waals surface area contributed by atoms with Crippen LogP contribution in [0, 0.1) is 11.7 Å². The zero-order valence-corrected chi connectivity index (χ0v) is 21.1. The topological polar surface area (TPSA) is 95.4 Å². The molecule has 0 spiro atoms. The third kappa shape index (κ3) is 5.08. The highest BCUT2D eigenvalue weighted by Crippen LogP contribution is 2.44. The van der Waals surface area contributed by atoms with Gasteiger partial charge in [-0.15, -0.1) is 0 Å². The average molecular weight is 563 g/mol. The minimum Gasteiger partial charge on any atom is -0.370 e.